The molecule has 9 aromatic rings. The molecule has 4 heterocycles. The molecule has 2 aliphatic heterocycles. The summed E-state index contributed by atoms with van der Waals surface area (Å²) in [6, 6.07) is 51.3. The Bertz CT molecular complexity index is 2950. The number of para-hydroxylation sites is 4. The quantitative estimate of drug-likeness (QED) is 0.122. The van der Waals surface area contributed by atoms with Gasteiger partial charge in [0.15, 0.2) is 0 Å². The normalized spacial score (nSPS) is 13.1. The highest BCUT2D eigenvalue weighted by atomic mass is 19.4. The summed E-state index contributed by atoms with van der Waals surface area (Å²) in [6.45, 7) is 5.05. The molecule has 7 aromatic carbocycles. The fourth-order valence-electron chi connectivity index (χ4n) is 9.79. The van der Waals surface area contributed by atoms with Crippen LogP contribution in [0.2, 0.25) is 0 Å². The lowest BCUT2D eigenvalue weighted by molar-refractivity contribution is -0.142. The van der Waals surface area contributed by atoms with E-state index in [9.17, 15) is 0 Å². The van der Waals surface area contributed by atoms with Crippen LogP contribution in [0.15, 0.2) is 170 Å². The van der Waals surface area contributed by atoms with Crippen molar-refractivity contribution in [3.8, 4) is 11.4 Å². The van der Waals surface area contributed by atoms with Crippen molar-refractivity contribution < 1.29 is 26.3 Å². The number of benzene rings is 7. The fourth-order valence-corrected chi connectivity index (χ4v) is 9.79. The maximum Gasteiger partial charge on any atom is 0.431 e. The van der Waals surface area contributed by atoms with Gasteiger partial charge in [0.25, 0.3) is 6.71 Å². The van der Waals surface area contributed by atoms with E-state index in [-0.39, 0.29) is 11.4 Å². The molecule has 310 valence electrons. The SMILES string of the molecule is CC(C)(C)c1cc2c3c(c1)-n1c(C(F)(F)F)cc4c(N(c5ccccc5)c5ccccc5)ccc(c41)B3c1ccc(N(c3ccccc3)c3ccccc3)c3cc(C(F)(F)F)n-2c13. The largest absolute Gasteiger partial charge is 0.431 e. The van der Waals surface area contributed by atoms with Crippen LogP contribution in [0, 0.1) is 0 Å². The van der Waals surface area contributed by atoms with Gasteiger partial charge in [-0.25, -0.2) is 0 Å². The number of halogens is 6. The highest BCUT2D eigenvalue weighted by Gasteiger charge is 2.48. The van der Waals surface area contributed by atoms with E-state index in [1.165, 1.54) is 21.3 Å². The van der Waals surface area contributed by atoms with Crippen LogP contribution in [0.25, 0.3) is 33.2 Å². The predicted molar refractivity (Wildman–Crippen MR) is 243 cm³/mol. The Balaban J connectivity index is 1.28. The molecule has 0 radical (unpaired) electrons. The summed E-state index contributed by atoms with van der Waals surface area (Å²) in [6.07, 6.45) is -9.65. The monoisotopic (exact) mass is 842 g/mol. The molecule has 0 saturated heterocycles. The van der Waals surface area contributed by atoms with E-state index in [0.717, 1.165) is 22.7 Å². The Morgan fingerprint density at radius 3 is 1.06 bits per heavy atom. The van der Waals surface area contributed by atoms with Crippen molar-refractivity contribution in [2.75, 3.05) is 9.80 Å². The van der Waals surface area contributed by atoms with Gasteiger partial charge in [0.2, 0.25) is 0 Å². The third kappa shape index (κ3) is 5.93. The number of hydrogen-bond donors (Lipinski definition) is 0. The fraction of sp³-hybridized carbons (Fsp3) is 0.115. The molecule has 0 fully saturated rings. The molecule has 0 unspecified atom stereocenters. The zero-order chi connectivity index (χ0) is 43.6. The van der Waals surface area contributed by atoms with Crippen LogP contribution in [0.5, 0.6) is 0 Å². The number of anilines is 6. The first-order valence-corrected chi connectivity index (χ1v) is 20.7. The van der Waals surface area contributed by atoms with Crippen molar-refractivity contribution in [3.63, 3.8) is 0 Å². The predicted octanol–water partition coefficient (Wildman–Crippen LogP) is 13.0. The van der Waals surface area contributed by atoms with E-state index in [2.05, 4.69) is 0 Å². The number of nitrogens with zero attached hydrogens (tertiary/aromatic N) is 4. The molecule has 0 bridgehead atoms. The molecule has 11 rings (SSSR count). The average molecular weight is 843 g/mol. The molecule has 11 heteroatoms. The first-order chi connectivity index (χ1) is 30.2. The molecular weight excluding hydrogens is 805 g/mol. The van der Waals surface area contributed by atoms with E-state index >= 15 is 26.3 Å². The lowest BCUT2D eigenvalue weighted by Crippen LogP contribution is -2.60. The minimum atomic E-state index is -4.83. The highest BCUT2D eigenvalue weighted by Crippen LogP contribution is 2.48. The highest BCUT2D eigenvalue weighted by molar-refractivity contribution is 7.00. The van der Waals surface area contributed by atoms with Crippen molar-refractivity contribution in [1.29, 1.82) is 0 Å². The summed E-state index contributed by atoms with van der Waals surface area (Å²) >= 11 is 0. The maximum atomic E-state index is 15.7. The van der Waals surface area contributed by atoms with Crippen molar-refractivity contribution in [2.45, 2.75) is 38.5 Å². The summed E-state index contributed by atoms with van der Waals surface area (Å²) in [5.74, 6) is 0. The van der Waals surface area contributed by atoms with Crippen molar-refractivity contribution in [2.24, 2.45) is 0 Å². The van der Waals surface area contributed by atoms with Crippen molar-refractivity contribution >= 4 is 79.0 Å². The number of alkyl halides is 6. The lowest BCUT2D eigenvalue weighted by atomic mass is 9.34. The summed E-state index contributed by atoms with van der Waals surface area (Å²) < 4.78 is 96.9. The van der Waals surface area contributed by atoms with Gasteiger partial charge in [0.1, 0.15) is 11.4 Å². The third-order valence-corrected chi connectivity index (χ3v) is 12.5. The van der Waals surface area contributed by atoms with Gasteiger partial charge in [0, 0.05) is 44.9 Å². The van der Waals surface area contributed by atoms with Crippen molar-refractivity contribution in [1.82, 2.24) is 9.13 Å². The van der Waals surface area contributed by atoms with Crippen LogP contribution in [0.4, 0.5) is 60.5 Å². The van der Waals surface area contributed by atoms with Gasteiger partial charge in [-0.3, -0.25) is 0 Å². The Labute approximate surface area is 359 Å². The Hall–Kier alpha value is -7.14. The Kier molecular flexibility index (Phi) is 8.42. The molecule has 0 atom stereocenters. The van der Waals surface area contributed by atoms with E-state index in [4.69, 9.17) is 0 Å². The lowest BCUT2D eigenvalue weighted by Gasteiger charge is -2.37. The summed E-state index contributed by atoms with van der Waals surface area (Å²) in [5.41, 5.74) is 4.87. The number of fused-ring (bicyclic) bond motifs is 4. The molecule has 0 aliphatic carbocycles. The molecule has 0 amide bonds. The van der Waals surface area contributed by atoms with Gasteiger partial charge >= 0.3 is 12.4 Å². The second-order valence-electron chi connectivity index (χ2n) is 17.2. The van der Waals surface area contributed by atoms with Gasteiger partial charge in [-0.2, -0.15) is 26.3 Å². The zero-order valence-electron chi connectivity index (χ0n) is 34.3. The summed E-state index contributed by atoms with van der Waals surface area (Å²) in [4.78, 5) is 3.90. The third-order valence-electron chi connectivity index (χ3n) is 12.5. The Morgan fingerprint density at radius 1 is 0.429 bits per heavy atom. The smallest absolute Gasteiger partial charge is 0.310 e. The molecule has 4 nitrogen and oxygen atoms in total. The second kappa shape index (κ2) is 13.7. The molecule has 0 N–H and O–H groups in total. The van der Waals surface area contributed by atoms with E-state index in [1.807, 2.05) is 176 Å². The first-order valence-electron chi connectivity index (χ1n) is 20.7. The number of aromatic nitrogens is 2. The summed E-state index contributed by atoms with van der Waals surface area (Å²) in [5, 5.41) is 0.732. The van der Waals surface area contributed by atoms with Gasteiger partial charge in [0.05, 0.1) is 22.4 Å². The van der Waals surface area contributed by atoms with Crippen LogP contribution >= 0.6 is 0 Å². The van der Waals surface area contributed by atoms with E-state index in [0.29, 0.717) is 55.1 Å². The molecule has 0 spiro atoms. The molecule has 2 aliphatic rings. The van der Waals surface area contributed by atoms with E-state index < -0.39 is 35.9 Å². The molecule has 2 aromatic heterocycles. The summed E-state index contributed by atoms with van der Waals surface area (Å²) in [7, 11) is 0. The van der Waals surface area contributed by atoms with Gasteiger partial charge in [-0.05, 0) is 112 Å². The minimum Gasteiger partial charge on any atom is -0.310 e. The number of rotatable bonds is 6. The Morgan fingerprint density at radius 2 is 0.762 bits per heavy atom. The standard InChI is InChI=1S/C52H37BF6N4/c1-50(2,3)32-28-43-47-44(29-32)63-46(52(57,58)59)31-38-42(61(35-20-12-6-13-21-35)36-22-14-7-15-23-36)27-25-40(49(38)63)53(47)39-24-26-41(37-30-45(51(54,55)56)62(43)48(37)39)60(33-16-8-4-9-17-33)34-18-10-5-11-19-34/h4-31H,1-3H3. The van der Waals surface area contributed by atoms with Gasteiger partial charge in [-0.1, -0.05) is 106 Å². The minimum absolute atomic E-state index is 0.209. The van der Waals surface area contributed by atoms with E-state index in [1.54, 1.807) is 12.1 Å². The second-order valence-corrected chi connectivity index (χ2v) is 17.2. The van der Waals surface area contributed by atoms with Gasteiger partial charge in [-0.15, -0.1) is 0 Å². The maximum absolute atomic E-state index is 15.7. The average Bonchev–Trinajstić information content (AvgIpc) is 3.89. The van der Waals surface area contributed by atoms with Crippen LogP contribution in [-0.4, -0.2) is 15.8 Å². The molecule has 63 heavy (non-hydrogen) atoms. The van der Waals surface area contributed by atoms with Crippen molar-refractivity contribution in [3.05, 3.63) is 187 Å². The van der Waals surface area contributed by atoms with Crippen LogP contribution < -0.4 is 26.2 Å². The zero-order valence-corrected chi connectivity index (χ0v) is 34.3. The number of hydrogen-bond acceptors (Lipinski definition) is 2. The molecular formula is C52H37BF6N4. The van der Waals surface area contributed by atoms with Crippen LogP contribution in [-0.2, 0) is 17.8 Å². The topological polar surface area (TPSA) is 16.3 Å². The first kappa shape index (κ1) is 38.8. The van der Waals surface area contributed by atoms with Crippen LogP contribution in [0.1, 0.15) is 37.7 Å². The molecule has 0 saturated carbocycles. The van der Waals surface area contributed by atoms with Gasteiger partial charge < -0.3 is 18.9 Å². The van der Waals surface area contributed by atoms with Crippen LogP contribution in [0.3, 0.4) is 0 Å².